The van der Waals surface area contributed by atoms with Gasteiger partial charge < -0.3 is 9.80 Å². The molecule has 2 saturated heterocycles. The minimum absolute atomic E-state index is 0.102. The summed E-state index contributed by atoms with van der Waals surface area (Å²) in [6, 6.07) is 12.5. The van der Waals surface area contributed by atoms with Crippen LogP contribution in [0.2, 0.25) is 0 Å². The van der Waals surface area contributed by atoms with Crippen LogP contribution in [0.15, 0.2) is 53.2 Å². The number of carbonyl (C=O) groups excluding carboxylic acids is 2. The molecule has 4 nitrogen and oxygen atoms in total. The summed E-state index contributed by atoms with van der Waals surface area (Å²) >= 11 is 1.64. The minimum atomic E-state index is 0.102. The fourth-order valence-corrected chi connectivity index (χ4v) is 5.78. The maximum Gasteiger partial charge on any atom is 0.246 e. The van der Waals surface area contributed by atoms with E-state index in [-0.39, 0.29) is 17.2 Å². The second-order valence-corrected chi connectivity index (χ2v) is 9.86. The van der Waals surface area contributed by atoms with Crippen molar-refractivity contribution in [3.8, 4) is 0 Å². The van der Waals surface area contributed by atoms with Gasteiger partial charge in [0.2, 0.25) is 11.8 Å². The molecule has 1 aliphatic carbocycles. The third kappa shape index (κ3) is 3.95. The molecule has 0 bridgehead atoms. The van der Waals surface area contributed by atoms with Crippen molar-refractivity contribution in [2.75, 3.05) is 26.2 Å². The molecule has 5 heteroatoms. The number of amides is 2. The van der Waals surface area contributed by atoms with Gasteiger partial charge in [0.25, 0.3) is 0 Å². The Morgan fingerprint density at radius 3 is 2.43 bits per heavy atom. The zero-order valence-electron chi connectivity index (χ0n) is 17.2. The van der Waals surface area contributed by atoms with Gasteiger partial charge in [0, 0.05) is 38.2 Å². The first-order chi connectivity index (χ1) is 14.6. The molecule has 3 aliphatic rings. The lowest BCUT2D eigenvalue weighted by atomic mass is 9.78. The zero-order chi connectivity index (χ0) is 20.6. The Hall–Kier alpha value is -2.40. The van der Waals surface area contributed by atoms with Gasteiger partial charge in [-0.25, -0.2) is 0 Å². The molecule has 0 radical (unpaired) electrons. The number of rotatable bonds is 4. The predicted octanol–water partition coefficient (Wildman–Crippen LogP) is 4.41. The number of thiophene rings is 1. The predicted molar refractivity (Wildman–Crippen MR) is 120 cm³/mol. The lowest BCUT2D eigenvalue weighted by molar-refractivity contribution is -0.133. The van der Waals surface area contributed by atoms with Crippen LogP contribution in [-0.4, -0.2) is 47.8 Å². The van der Waals surface area contributed by atoms with E-state index >= 15 is 0 Å². The van der Waals surface area contributed by atoms with E-state index in [1.165, 1.54) is 5.56 Å². The Morgan fingerprint density at radius 2 is 1.73 bits per heavy atom. The average Bonchev–Trinajstić information content (AvgIpc) is 3.20. The van der Waals surface area contributed by atoms with Crippen molar-refractivity contribution < 1.29 is 9.59 Å². The molecular weight excluding hydrogens is 392 g/mol. The van der Waals surface area contributed by atoms with Gasteiger partial charge in [-0.05, 0) is 71.0 Å². The Kier molecular flexibility index (Phi) is 5.23. The molecule has 2 amide bonds. The monoisotopic (exact) mass is 420 g/mol. The number of benzene rings is 1. The second kappa shape index (κ2) is 8.03. The van der Waals surface area contributed by atoms with E-state index in [1.54, 1.807) is 17.4 Å². The molecule has 1 aromatic heterocycles. The summed E-state index contributed by atoms with van der Waals surface area (Å²) in [6.45, 7) is 3.34. The van der Waals surface area contributed by atoms with Crippen molar-refractivity contribution in [2.24, 2.45) is 11.3 Å². The summed E-state index contributed by atoms with van der Waals surface area (Å²) in [4.78, 5) is 29.6. The first-order valence-corrected chi connectivity index (χ1v) is 11.9. The highest BCUT2D eigenvalue weighted by Gasteiger charge is 2.49. The quantitative estimate of drug-likeness (QED) is 0.688. The molecule has 1 spiro atoms. The molecule has 1 aromatic carbocycles. The molecule has 3 fully saturated rings. The molecule has 156 valence electrons. The lowest BCUT2D eigenvalue weighted by Gasteiger charge is -2.39. The molecule has 0 unspecified atom stereocenters. The number of carbonyl (C=O) groups is 2. The first kappa shape index (κ1) is 19.6. The lowest BCUT2D eigenvalue weighted by Crippen LogP contribution is -2.44. The smallest absolute Gasteiger partial charge is 0.246 e. The molecule has 2 aromatic rings. The number of hydrogen-bond acceptors (Lipinski definition) is 3. The number of likely N-dealkylation sites (tertiary alicyclic amines) is 2. The maximum atomic E-state index is 13.0. The number of hydrogen-bond donors (Lipinski definition) is 0. The molecule has 1 saturated carbocycles. The molecule has 30 heavy (non-hydrogen) atoms. The van der Waals surface area contributed by atoms with E-state index in [1.807, 2.05) is 33.9 Å². The summed E-state index contributed by atoms with van der Waals surface area (Å²) in [5, 5.41) is 4.06. The van der Waals surface area contributed by atoms with Crippen LogP contribution in [0.4, 0.5) is 0 Å². The van der Waals surface area contributed by atoms with Crippen LogP contribution in [0.1, 0.15) is 42.7 Å². The van der Waals surface area contributed by atoms with Crippen molar-refractivity contribution in [1.29, 1.82) is 0 Å². The normalized spacial score (nSPS) is 25.2. The van der Waals surface area contributed by atoms with E-state index in [0.717, 1.165) is 57.4 Å². The van der Waals surface area contributed by atoms with E-state index in [0.29, 0.717) is 11.8 Å². The molecule has 3 heterocycles. The topological polar surface area (TPSA) is 40.6 Å². The standard InChI is InChI=1S/C25H28N2O2S/c28-23(7-6-19-8-15-30-17-19)26-12-9-25(10-13-26)11-14-27(18-25)24(29)22-16-21(22)20-4-2-1-3-5-20/h1-8,15,17,21-22H,9-14,16,18H2/b7-6+/t21-,22+/m0/s1. The molecule has 0 N–H and O–H groups in total. The maximum absolute atomic E-state index is 13.0. The van der Waals surface area contributed by atoms with Crippen LogP contribution in [0.3, 0.4) is 0 Å². The highest BCUT2D eigenvalue weighted by Crippen LogP contribution is 2.50. The molecule has 2 atom stereocenters. The summed E-state index contributed by atoms with van der Waals surface area (Å²) in [5.41, 5.74) is 2.59. The summed E-state index contributed by atoms with van der Waals surface area (Å²) in [6.07, 6.45) is 7.67. The van der Waals surface area contributed by atoms with Gasteiger partial charge in [-0.15, -0.1) is 0 Å². The Balaban J connectivity index is 1.13. The molecular formula is C25H28N2O2S. The largest absolute Gasteiger partial charge is 0.342 e. The van der Waals surface area contributed by atoms with Crippen LogP contribution in [-0.2, 0) is 9.59 Å². The van der Waals surface area contributed by atoms with Gasteiger partial charge in [-0.1, -0.05) is 30.3 Å². The second-order valence-electron chi connectivity index (χ2n) is 9.08. The van der Waals surface area contributed by atoms with Crippen molar-refractivity contribution in [1.82, 2.24) is 9.80 Å². The average molecular weight is 421 g/mol. The van der Waals surface area contributed by atoms with Crippen molar-refractivity contribution >= 4 is 29.2 Å². The summed E-state index contributed by atoms with van der Waals surface area (Å²) < 4.78 is 0. The number of piperidine rings is 1. The Morgan fingerprint density at radius 1 is 1.00 bits per heavy atom. The summed E-state index contributed by atoms with van der Waals surface area (Å²) in [5.74, 6) is 1.03. The third-order valence-corrected chi connectivity index (χ3v) is 7.88. The highest BCUT2D eigenvalue weighted by atomic mass is 32.1. The van der Waals surface area contributed by atoms with Gasteiger partial charge in [0.05, 0.1) is 0 Å². The van der Waals surface area contributed by atoms with Gasteiger partial charge in [-0.3, -0.25) is 9.59 Å². The van der Waals surface area contributed by atoms with Crippen molar-refractivity contribution in [3.63, 3.8) is 0 Å². The van der Waals surface area contributed by atoms with E-state index in [9.17, 15) is 9.59 Å². The van der Waals surface area contributed by atoms with Crippen LogP contribution >= 0.6 is 11.3 Å². The third-order valence-electron chi connectivity index (χ3n) is 7.18. The van der Waals surface area contributed by atoms with E-state index in [2.05, 4.69) is 29.2 Å². The Labute approximate surface area is 182 Å². The minimum Gasteiger partial charge on any atom is -0.342 e. The summed E-state index contributed by atoms with van der Waals surface area (Å²) in [7, 11) is 0. The van der Waals surface area contributed by atoms with Crippen LogP contribution in [0.5, 0.6) is 0 Å². The van der Waals surface area contributed by atoms with Gasteiger partial charge in [0.15, 0.2) is 0 Å². The van der Waals surface area contributed by atoms with Crippen molar-refractivity contribution in [2.45, 2.75) is 31.6 Å². The first-order valence-electron chi connectivity index (χ1n) is 11.0. The van der Waals surface area contributed by atoms with Crippen LogP contribution in [0, 0.1) is 11.3 Å². The van der Waals surface area contributed by atoms with Gasteiger partial charge in [0.1, 0.15) is 0 Å². The fourth-order valence-electron chi connectivity index (χ4n) is 5.15. The van der Waals surface area contributed by atoms with E-state index < -0.39 is 0 Å². The van der Waals surface area contributed by atoms with Crippen LogP contribution < -0.4 is 0 Å². The highest BCUT2D eigenvalue weighted by molar-refractivity contribution is 7.08. The van der Waals surface area contributed by atoms with Gasteiger partial charge in [-0.2, -0.15) is 11.3 Å². The zero-order valence-corrected chi connectivity index (χ0v) is 18.0. The van der Waals surface area contributed by atoms with Crippen LogP contribution in [0.25, 0.3) is 6.08 Å². The Bertz CT molecular complexity index is 929. The fraction of sp³-hybridized carbons (Fsp3) is 0.440. The van der Waals surface area contributed by atoms with Gasteiger partial charge >= 0.3 is 0 Å². The molecule has 2 aliphatic heterocycles. The van der Waals surface area contributed by atoms with Crippen molar-refractivity contribution in [3.05, 3.63) is 64.4 Å². The SMILES string of the molecule is O=C(/C=C/c1ccsc1)N1CCC2(CC1)CCN(C(=O)[C@@H]1C[C@H]1c1ccccc1)C2. The van der Waals surface area contributed by atoms with E-state index in [4.69, 9.17) is 0 Å². The number of nitrogens with zero attached hydrogens (tertiary/aromatic N) is 2. The molecule has 5 rings (SSSR count).